The number of aromatic amines is 1. The highest BCUT2D eigenvalue weighted by Gasteiger charge is 2.04. The highest BCUT2D eigenvalue weighted by Crippen LogP contribution is 2.14. The van der Waals surface area contributed by atoms with Crippen LogP contribution in [0.3, 0.4) is 0 Å². The molecule has 0 radical (unpaired) electrons. The van der Waals surface area contributed by atoms with E-state index in [0.717, 1.165) is 35.7 Å². The lowest BCUT2D eigenvalue weighted by Gasteiger charge is -2.07. The third kappa shape index (κ3) is 5.92. The van der Waals surface area contributed by atoms with Crippen LogP contribution in [0.25, 0.3) is 0 Å². The molecule has 0 fully saturated rings. The lowest BCUT2D eigenvalue weighted by molar-refractivity contribution is 0.942. The lowest BCUT2D eigenvalue weighted by Crippen LogP contribution is -2.17. The average molecular weight is 382 g/mol. The number of rotatable bonds is 9. The summed E-state index contributed by atoms with van der Waals surface area (Å²) in [6.07, 6.45) is 8.46. The summed E-state index contributed by atoms with van der Waals surface area (Å²) in [4.78, 5) is 27.8. The molecule has 6 nitrogen and oxygen atoms in total. The number of pyridine rings is 2. The summed E-state index contributed by atoms with van der Waals surface area (Å²) in [5.41, 5.74) is 3.89. The zero-order valence-electron chi connectivity index (χ0n) is 15.3. The number of thioether (sulfide) groups is 1. The first kappa shape index (κ1) is 19.1. The Kier molecular flexibility index (Phi) is 6.98. The Morgan fingerprint density at radius 3 is 2.81 bits per heavy atom. The van der Waals surface area contributed by atoms with Crippen molar-refractivity contribution < 1.29 is 0 Å². The Labute approximate surface area is 162 Å². The van der Waals surface area contributed by atoms with Gasteiger partial charge < -0.3 is 5.32 Å². The molecule has 0 unspecified atom stereocenters. The van der Waals surface area contributed by atoms with Crippen LogP contribution in [-0.4, -0.2) is 32.2 Å². The van der Waals surface area contributed by atoms with E-state index >= 15 is 0 Å². The number of aryl methyl sites for hydroxylation is 1. The number of H-pyrrole nitrogens is 1. The Bertz CT molecular complexity index is 914. The highest BCUT2D eigenvalue weighted by molar-refractivity contribution is 7.98. The van der Waals surface area contributed by atoms with Gasteiger partial charge in [0.05, 0.1) is 5.69 Å². The molecule has 0 aliphatic rings. The molecule has 0 aliphatic carbocycles. The zero-order chi connectivity index (χ0) is 18.9. The summed E-state index contributed by atoms with van der Waals surface area (Å²) < 4.78 is 0. The van der Waals surface area contributed by atoms with Gasteiger partial charge in [0.1, 0.15) is 0 Å². The van der Waals surface area contributed by atoms with Gasteiger partial charge in [-0.25, -0.2) is 4.98 Å². The Morgan fingerprint density at radius 2 is 2.04 bits per heavy atom. The normalized spacial score (nSPS) is 10.7. The quantitative estimate of drug-likeness (QED) is 0.554. The second kappa shape index (κ2) is 9.87. The molecule has 3 aromatic heterocycles. The second-order valence-electron chi connectivity index (χ2n) is 6.22. The van der Waals surface area contributed by atoms with Gasteiger partial charge in [-0.05, 0) is 42.4 Å². The number of hydrogen-bond acceptors (Lipinski definition) is 6. The van der Waals surface area contributed by atoms with Crippen LogP contribution in [0.2, 0.25) is 0 Å². The van der Waals surface area contributed by atoms with Gasteiger partial charge in [-0.3, -0.25) is 19.7 Å². The first-order valence-corrected chi connectivity index (χ1v) is 10.1. The molecule has 140 valence electrons. The largest absolute Gasteiger partial charge is 0.356 e. The minimum atomic E-state index is -0.114. The van der Waals surface area contributed by atoms with E-state index in [9.17, 15) is 4.79 Å². The predicted octanol–water partition coefficient (Wildman–Crippen LogP) is 3.19. The van der Waals surface area contributed by atoms with Crippen LogP contribution in [-0.2, 0) is 12.2 Å². The number of aromatic nitrogens is 4. The number of anilines is 1. The van der Waals surface area contributed by atoms with Crippen LogP contribution >= 0.6 is 11.8 Å². The first-order valence-electron chi connectivity index (χ1n) is 8.91. The smallest absolute Gasteiger partial charge is 0.255 e. The minimum absolute atomic E-state index is 0.114. The molecule has 2 N–H and O–H groups in total. The third-order valence-corrected chi connectivity index (χ3v) is 5.16. The minimum Gasteiger partial charge on any atom is -0.356 e. The molecule has 3 aromatic rings. The Morgan fingerprint density at radius 1 is 1.15 bits per heavy atom. The van der Waals surface area contributed by atoms with Crippen LogP contribution in [0.15, 0.2) is 53.8 Å². The summed E-state index contributed by atoms with van der Waals surface area (Å²) in [6, 6.07) is 7.86. The highest BCUT2D eigenvalue weighted by atomic mass is 32.2. The molecule has 0 atom stereocenters. The molecular weight excluding hydrogens is 358 g/mol. The van der Waals surface area contributed by atoms with E-state index in [1.165, 1.54) is 5.56 Å². The molecule has 0 spiro atoms. The zero-order valence-corrected chi connectivity index (χ0v) is 16.1. The lowest BCUT2D eigenvalue weighted by atomic mass is 10.1. The van der Waals surface area contributed by atoms with Gasteiger partial charge in [-0.2, -0.15) is 11.8 Å². The van der Waals surface area contributed by atoms with Crippen molar-refractivity contribution in [2.24, 2.45) is 0 Å². The SMILES string of the molecule is Cc1cccnc1CSCCCNc1ncc(Cc2cccnc2)c(=O)[nH]1. The van der Waals surface area contributed by atoms with Crippen LogP contribution in [0.1, 0.15) is 28.8 Å². The van der Waals surface area contributed by atoms with E-state index in [2.05, 4.69) is 38.2 Å². The molecule has 3 heterocycles. The van der Waals surface area contributed by atoms with Gasteiger partial charge in [0, 0.05) is 49.1 Å². The molecule has 7 heteroatoms. The number of nitrogens with zero attached hydrogens (tertiary/aromatic N) is 3. The molecule has 0 bridgehead atoms. The topological polar surface area (TPSA) is 83.6 Å². The third-order valence-electron chi connectivity index (χ3n) is 4.10. The van der Waals surface area contributed by atoms with E-state index in [-0.39, 0.29) is 5.56 Å². The van der Waals surface area contributed by atoms with Crippen molar-refractivity contribution in [2.75, 3.05) is 17.6 Å². The maximum absolute atomic E-state index is 12.2. The van der Waals surface area contributed by atoms with E-state index in [1.807, 2.05) is 36.2 Å². The van der Waals surface area contributed by atoms with E-state index in [0.29, 0.717) is 17.9 Å². The average Bonchev–Trinajstić information content (AvgIpc) is 2.69. The Hall–Kier alpha value is -2.67. The van der Waals surface area contributed by atoms with Crippen molar-refractivity contribution in [3.8, 4) is 0 Å². The fraction of sp³-hybridized carbons (Fsp3) is 0.300. The fourth-order valence-electron chi connectivity index (χ4n) is 2.58. The van der Waals surface area contributed by atoms with E-state index < -0.39 is 0 Å². The van der Waals surface area contributed by atoms with Gasteiger partial charge in [0.25, 0.3) is 5.56 Å². The van der Waals surface area contributed by atoms with Crippen LogP contribution in [0, 0.1) is 6.92 Å². The van der Waals surface area contributed by atoms with Crippen molar-refractivity contribution in [3.63, 3.8) is 0 Å². The van der Waals surface area contributed by atoms with Gasteiger partial charge in [-0.1, -0.05) is 12.1 Å². The van der Waals surface area contributed by atoms with Crippen LogP contribution in [0.4, 0.5) is 5.95 Å². The molecule has 0 aromatic carbocycles. The van der Waals surface area contributed by atoms with E-state index in [1.54, 1.807) is 18.6 Å². The molecule has 0 amide bonds. The summed E-state index contributed by atoms with van der Waals surface area (Å²) in [6.45, 7) is 2.85. The molecule has 0 saturated carbocycles. The number of hydrogen-bond donors (Lipinski definition) is 2. The van der Waals surface area contributed by atoms with Crippen LogP contribution in [0.5, 0.6) is 0 Å². The summed E-state index contributed by atoms with van der Waals surface area (Å²) in [5.74, 6) is 2.46. The van der Waals surface area contributed by atoms with E-state index in [4.69, 9.17) is 0 Å². The van der Waals surface area contributed by atoms with Gasteiger partial charge in [0.2, 0.25) is 5.95 Å². The molecule has 0 saturated heterocycles. The van der Waals surface area contributed by atoms with Crippen molar-refractivity contribution in [2.45, 2.75) is 25.5 Å². The maximum Gasteiger partial charge on any atom is 0.255 e. The predicted molar refractivity (Wildman–Crippen MR) is 110 cm³/mol. The molecule has 0 aliphatic heterocycles. The van der Waals surface area contributed by atoms with Crippen molar-refractivity contribution >= 4 is 17.7 Å². The standard InChI is InChI=1S/C20H23N5OS/c1-15-5-2-8-22-18(15)14-27-10-4-9-23-20-24-13-17(19(26)25-20)11-16-6-3-7-21-12-16/h2-3,5-8,12-13H,4,9-11,14H2,1H3,(H2,23,24,25,26). The molecule has 3 rings (SSSR count). The van der Waals surface area contributed by atoms with Crippen LogP contribution < -0.4 is 10.9 Å². The number of nitrogens with one attached hydrogen (secondary N) is 2. The van der Waals surface area contributed by atoms with Crippen molar-refractivity contribution in [1.82, 2.24) is 19.9 Å². The van der Waals surface area contributed by atoms with Crippen molar-refractivity contribution in [1.29, 1.82) is 0 Å². The summed E-state index contributed by atoms with van der Waals surface area (Å²) >= 11 is 1.86. The van der Waals surface area contributed by atoms with Crippen molar-refractivity contribution in [3.05, 3.63) is 81.8 Å². The maximum atomic E-state index is 12.2. The first-order chi connectivity index (χ1) is 13.2. The van der Waals surface area contributed by atoms with Gasteiger partial charge in [0.15, 0.2) is 0 Å². The van der Waals surface area contributed by atoms with Gasteiger partial charge in [-0.15, -0.1) is 0 Å². The van der Waals surface area contributed by atoms with Gasteiger partial charge >= 0.3 is 0 Å². The monoisotopic (exact) mass is 381 g/mol. The summed E-state index contributed by atoms with van der Waals surface area (Å²) in [5, 5.41) is 3.18. The Balaban J connectivity index is 1.40. The second-order valence-corrected chi connectivity index (χ2v) is 7.33. The fourth-order valence-corrected chi connectivity index (χ4v) is 3.57. The molecular formula is C20H23N5OS. The molecule has 27 heavy (non-hydrogen) atoms. The summed E-state index contributed by atoms with van der Waals surface area (Å²) in [7, 11) is 0.